The van der Waals surface area contributed by atoms with Crippen LogP contribution in [0.4, 0.5) is 0 Å². The summed E-state index contributed by atoms with van der Waals surface area (Å²) in [4.78, 5) is 20.1. The van der Waals surface area contributed by atoms with Crippen molar-refractivity contribution in [2.75, 3.05) is 49.3 Å². The van der Waals surface area contributed by atoms with Crippen molar-refractivity contribution in [2.45, 2.75) is 288 Å². The molecule has 60 heavy (non-hydrogen) atoms. The maximum atomic E-state index is 10.1. The lowest BCUT2D eigenvalue weighted by Crippen LogP contribution is -2.21. The van der Waals surface area contributed by atoms with Gasteiger partial charge in [0.15, 0.2) is 0 Å². The highest BCUT2D eigenvalue weighted by Gasteiger charge is 2.35. The molecular weight excluding hydrogens is 775 g/mol. The first-order valence-electron chi connectivity index (χ1n) is 27.1. The monoisotopic (exact) mass is 889 g/mol. The first-order valence-corrected chi connectivity index (χ1v) is 32.2. The second kappa shape index (κ2) is 54.9. The molecule has 0 aromatic heterocycles. The normalized spacial score (nSPS) is 11.2. The third kappa shape index (κ3) is 52.1. The maximum Gasteiger partial charge on any atom is 0.0594 e. The third-order valence-electron chi connectivity index (χ3n) is 12.4. The molecule has 0 fully saturated rings. The smallest absolute Gasteiger partial charge is 0.0594 e. The standard InChI is InChI=1S/2C16H36P.C12H24O2.C10H20O2/c2*1-5-9-13-17(14-10-6-2,15-11-7-3)16-12-8-4;1-2-3-4-5-6-7-8-9-10-11-12(13)14;1-2-3-4-5-6-7-8-9-10(11)12/h2*5-16H2,1-4H3;2-11H2,1H3,(H,13,14);2-9H2,1H3,(H,11,12)/q2*+1;;/p-2. The third-order valence-corrected chi connectivity index (χ3v) is 22.5. The molecule has 0 aromatic rings. The first kappa shape index (κ1) is 66.4. The lowest BCUT2D eigenvalue weighted by atomic mass is 10.1. The van der Waals surface area contributed by atoms with Gasteiger partial charge in [0.2, 0.25) is 0 Å². The Bertz CT molecular complexity index is 708. The van der Waals surface area contributed by atoms with Crippen molar-refractivity contribution < 1.29 is 19.8 Å². The molecule has 0 aliphatic rings. The quantitative estimate of drug-likeness (QED) is 0.0452. The van der Waals surface area contributed by atoms with Gasteiger partial charge in [-0.2, -0.15) is 0 Å². The van der Waals surface area contributed by atoms with E-state index in [0.29, 0.717) is 0 Å². The fourth-order valence-corrected chi connectivity index (χ4v) is 18.7. The summed E-state index contributed by atoms with van der Waals surface area (Å²) in [5, 5.41) is 20.1. The Kier molecular flexibility index (Phi) is 60.8. The van der Waals surface area contributed by atoms with Crippen LogP contribution in [0.2, 0.25) is 0 Å². The lowest BCUT2D eigenvalue weighted by Gasteiger charge is -2.28. The Labute approximate surface area is 381 Å². The highest BCUT2D eigenvalue weighted by molar-refractivity contribution is 7.76. The minimum atomic E-state index is -0.913. The summed E-state index contributed by atoms with van der Waals surface area (Å²) in [5.74, 6) is -1.82. The molecule has 364 valence electrons. The topological polar surface area (TPSA) is 80.3 Å². The van der Waals surface area contributed by atoms with E-state index in [9.17, 15) is 19.8 Å². The summed E-state index contributed by atoms with van der Waals surface area (Å²) in [7, 11) is -1.12. The van der Waals surface area contributed by atoms with Gasteiger partial charge in [-0.25, -0.2) is 0 Å². The summed E-state index contributed by atoms with van der Waals surface area (Å²) >= 11 is 0. The molecule has 4 nitrogen and oxygen atoms in total. The molecular formula is C54H114O4P2. The van der Waals surface area contributed by atoms with Crippen molar-refractivity contribution in [1.82, 2.24) is 0 Å². The summed E-state index contributed by atoms with van der Waals surface area (Å²) in [6.45, 7) is 23.3. The van der Waals surface area contributed by atoms with Crippen LogP contribution in [0.3, 0.4) is 0 Å². The average molecular weight is 889 g/mol. The van der Waals surface area contributed by atoms with Gasteiger partial charge in [0, 0.05) is 26.5 Å². The molecule has 0 saturated heterocycles. The number of carbonyl (C=O) groups is 2. The molecule has 0 atom stereocenters. The van der Waals surface area contributed by atoms with E-state index in [1.165, 1.54) is 180 Å². The molecule has 0 saturated carbocycles. The molecule has 0 N–H and O–H groups in total. The molecule has 0 heterocycles. The summed E-state index contributed by atoms with van der Waals surface area (Å²) in [5.41, 5.74) is 0. The highest BCUT2D eigenvalue weighted by atomic mass is 31.2. The average Bonchev–Trinajstić information content (AvgIpc) is 3.25. The van der Waals surface area contributed by atoms with Crippen molar-refractivity contribution in [3.8, 4) is 0 Å². The van der Waals surface area contributed by atoms with Crippen LogP contribution in [0.15, 0.2) is 0 Å². The van der Waals surface area contributed by atoms with Crippen molar-refractivity contribution >= 4 is 26.5 Å². The first-order chi connectivity index (χ1) is 29.0. The summed E-state index contributed by atoms with van der Waals surface area (Å²) < 4.78 is 0. The molecule has 0 aromatic carbocycles. The molecule has 0 aliphatic heterocycles. The Hall–Kier alpha value is -0.200. The van der Waals surface area contributed by atoms with E-state index in [4.69, 9.17) is 0 Å². The predicted octanol–water partition coefficient (Wildman–Crippen LogP) is 16.9. The van der Waals surface area contributed by atoms with Crippen LogP contribution in [0, 0.1) is 0 Å². The number of hydrogen-bond donors (Lipinski definition) is 0. The van der Waals surface area contributed by atoms with Gasteiger partial charge in [-0.15, -0.1) is 0 Å². The zero-order valence-corrected chi connectivity index (χ0v) is 45.0. The number of hydrogen-bond acceptors (Lipinski definition) is 4. The fraction of sp³-hybridized carbons (Fsp3) is 0.963. The van der Waals surface area contributed by atoms with Gasteiger partial charge >= 0.3 is 0 Å². The number of carboxylic acid groups (broad SMARTS) is 2. The van der Waals surface area contributed by atoms with Crippen molar-refractivity contribution in [3.63, 3.8) is 0 Å². The number of rotatable bonds is 42. The van der Waals surface area contributed by atoms with Crippen molar-refractivity contribution in [2.24, 2.45) is 0 Å². The number of carboxylic acids is 2. The van der Waals surface area contributed by atoms with Gasteiger partial charge in [0.05, 0.1) is 49.3 Å². The van der Waals surface area contributed by atoms with Crippen LogP contribution in [0.1, 0.15) is 288 Å². The Morgan fingerprint density at radius 1 is 0.250 bits per heavy atom. The highest BCUT2D eigenvalue weighted by Crippen LogP contribution is 2.62. The zero-order chi connectivity index (χ0) is 45.9. The lowest BCUT2D eigenvalue weighted by molar-refractivity contribution is -0.307. The number of aliphatic carboxylic acids is 2. The Balaban J connectivity index is -0.000000352. The van der Waals surface area contributed by atoms with Gasteiger partial charge in [0.1, 0.15) is 0 Å². The zero-order valence-electron chi connectivity index (χ0n) is 43.2. The van der Waals surface area contributed by atoms with Crippen molar-refractivity contribution in [1.29, 1.82) is 0 Å². The second-order valence-electron chi connectivity index (χ2n) is 18.5. The molecule has 0 amide bonds. The molecule has 0 radical (unpaired) electrons. The van der Waals surface area contributed by atoms with Crippen LogP contribution >= 0.6 is 14.5 Å². The SMILES string of the molecule is CCCCCCCCCC(=O)[O-].CCCCCCCCCCCC(=O)[O-].CCCC[P+](CCCC)(CCCC)CCCC.CCCC[P+](CCCC)(CCCC)CCCC. The second-order valence-corrected chi connectivity index (χ2v) is 27.4. The van der Waals surface area contributed by atoms with Crippen LogP contribution in [0.25, 0.3) is 0 Å². The summed E-state index contributed by atoms with van der Waals surface area (Å²) in [6.07, 6.45) is 55.4. The van der Waals surface area contributed by atoms with Crippen LogP contribution in [-0.4, -0.2) is 61.2 Å². The Morgan fingerprint density at radius 2 is 0.400 bits per heavy atom. The molecule has 0 rings (SSSR count). The molecule has 0 bridgehead atoms. The van der Waals surface area contributed by atoms with Crippen LogP contribution in [-0.2, 0) is 9.59 Å². The fourth-order valence-electron chi connectivity index (χ4n) is 8.10. The van der Waals surface area contributed by atoms with E-state index >= 15 is 0 Å². The minimum absolute atomic E-state index is 0.230. The number of unbranched alkanes of at least 4 members (excludes halogenated alkanes) is 22. The van der Waals surface area contributed by atoms with Crippen LogP contribution < -0.4 is 10.2 Å². The number of carbonyl (C=O) groups excluding carboxylic acids is 2. The molecule has 6 heteroatoms. The molecule has 0 spiro atoms. The van der Waals surface area contributed by atoms with Gasteiger partial charge in [-0.05, 0) is 77.0 Å². The van der Waals surface area contributed by atoms with Gasteiger partial charge < -0.3 is 19.8 Å². The van der Waals surface area contributed by atoms with Crippen LogP contribution in [0.5, 0.6) is 0 Å². The van der Waals surface area contributed by atoms with Gasteiger partial charge in [-0.3, -0.25) is 0 Å². The van der Waals surface area contributed by atoms with E-state index in [1.54, 1.807) is 49.3 Å². The van der Waals surface area contributed by atoms with E-state index in [-0.39, 0.29) is 12.8 Å². The van der Waals surface area contributed by atoms with Gasteiger partial charge in [-0.1, -0.05) is 210 Å². The maximum absolute atomic E-state index is 10.1. The molecule has 0 aliphatic carbocycles. The van der Waals surface area contributed by atoms with Crippen molar-refractivity contribution in [3.05, 3.63) is 0 Å². The van der Waals surface area contributed by atoms with Gasteiger partial charge in [0.25, 0.3) is 0 Å². The van der Waals surface area contributed by atoms with E-state index < -0.39 is 26.5 Å². The van der Waals surface area contributed by atoms with E-state index in [1.807, 2.05) is 0 Å². The largest absolute Gasteiger partial charge is 0.550 e. The Morgan fingerprint density at radius 3 is 0.550 bits per heavy atom. The van der Waals surface area contributed by atoms with E-state index in [0.717, 1.165) is 25.7 Å². The predicted molar refractivity (Wildman–Crippen MR) is 277 cm³/mol. The minimum Gasteiger partial charge on any atom is -0.550 e. The summed E-state index contributed by atoms with van der Waals surface area (Å²) in [6, 6.07) is 0. The molecule has 0 unspecified atom stereocenters. The van der Waals surface area contributed by atoms with E-state index in [2.05, 4.69) is 69.2 Å².